The van der Waals surface area contributed by atoms with Gasteiger partial charge in [-0.15, -0.1) is 11.8 Å². The highest BCUT2D eigenvalue weighted by Gasteiger charge is 2.26. The van der Waals surface area contributed by atoms with Crippen molar-refractivity contribution in [2.45, 2.75) is 35.6 Å². The molecule has 1 atom stereocenters. The number of benzene rings is 2. The normalized spacial score (nSPS) is 13.3. The quantitative estimate of drug-likeness (QED) is 0.0731. The number of nitrogens with one attached hydrogen (secondary N) is 3. The van der Waals surface area contributed by atoms with E-state index in [0.717, 1.165) is 34.7 Å². The maximum atomic E-state index is 13.5. The number of imidazole rings is 1. The number of anilines is 3. The fourth-order valence-corrected chi connectivity index (χ4v) is 8.69. The minimum absolute atomic E-state index is 0.107. The second-order valence-electron chi connectivity index (χ2n) is 14.0. The third-order valence-electron chi connectivity index (χ3n) is 9.71. The number of amides is 2. The Morgan fingerprint density at radius 1 is 0.965 bits per heavy atom. The van der Waals surface area contributed by atoms with Gasteiger partial charge < -0.3 is 19.5 Å². The molecule has 16 heteroatoms. The summed E-state index contributed by atoms with van der Waals surface area (Å²) in [4.78, 5) is 45.3. The zero-order chi connectivity index (χ0) is 39.9. The molecule has 4 aromatic heterocycles. The van der Waals surface area contributed by atoms with Gasteiger partial charge in [0.05, 0.1) is 17.6 Å². The first kappa shape index (κ1) is 39.4. The number of hydrogen-bond acceptors (Lipinski definition) is 12. The molecule has 57 heavy (non-hydrogen) atoms. The number of fused-ring (bicyclic) bond motifs is 2. The van der Waals surface area contributed by atoms with E-state index in [-0.39, 0.29) is 28.1 Å². The van der Waals surface area contributed by atoms with E-state index in [0.29, 0.717) is 54.5 Å². The Bertz CT molecular complexity index is 2460. The van der Waals surface area contributed by atoms with Gasteiger partial charge in [0.1, 0.15) is 22.1 Å². The molecule has 0 fully saturated rings. The van der Waals surface area contributed by atoms with Gasteiger partial charge in [-0.2, -0.15) is 0 Å². The van der Waals surface area contributed by atoms with Crippen molar-refractivity contribution in [2.24, 2.45) is 5.92 Å². The molecule has 0 bridgehead atoms. The van der Waals surface area contributed by atoms with Crippen molar-refractivity contribution in [1.82, 2.24) is 29.0 Å². The molecule has 7 rings (SSSR count). The molecule has 0 saturated heterocycles. The number of nitrogens with zero attached hydrogens (tertiary/aromatic N) is 6. The van der Waals surface area contributed by atoms with Crippen LogP contribution >= 0.6 is 11.8 Å². The summed E-state index contributed by atoms with van der Waals surface area (Å²) >= 11 is 1.73. The van der Waals surface area contributed by atoms with Gasteiger partial charge in [-0.25, -0.2) is 23.1 Å². The summed E-state index contributed by atoms with van der Waals surface area (Å²) in [6, 6.07) is 27.4. The lowest BCUT2D eigenvalue weighted by molar-refractivity contribution is 0.0975. The van der Waals surface area contributed by atoms with Gasteiger partial charge in [-0.1, -0.05) is 42.5 Å². The van der Waals surface area contributed by atoms with Crippen molar-refractivity contribution < 1.29 is 23.2 Å². The van der Waals surface area contributed by atoms with E-state index in [1.807, 2.05) is 78.1 Å². The van der Waals surface area contributed by atoms with Crippen molar-refractivity contribution >= 4 is 56.6 Å². The van der Waals surface area contributed by atoms with Crippen LogP contribution in [-0.4, -0.2) is 82.6 Å². The number of hydrogen-bond donors (Lipinski definition) is 4. The Hall–Kier alpha value is -5.81. The Kier molecular flexibility index (Phi) is 12.1. The van der Waals surface area contributed by atoms with Crippen LogP contribution in [0.25, 0.3) is 5.65 Å². The van der Waals surface area contributed by atoms with Crippen molar-refractivity contribution in [3.8, 4) is 0 Å². The van der Waals surface area contributed by atoms with Crippen molar-refractivity contribution in [2.75, 3.05) is 48.6 Å². The van der Waals surface area contributed by atoms with E-state index in [1.165, 1.54) is 18.3 Å². The minimum atomic E-state index is -4.41. The smallest absolute Gasteiger partial charge is 0.283 e. The van der Waals surface area contributed by atoms with Crippen molar-refractivity contribution in [3.63, 3.8) is 0 Å². The summed E-state index contributed by atoms with van der Waals surface area (Å²) in [5.74, 6) is 0.645. The number of thioether (sulfide) groups is 1. The highest BCUT2D eigenvalue weighted by Crippen LogP contribution is 2.29. The van der Waals surface area contributed by atoms with E-state index in [1.54, 1.807) is 36.2 Å². The lowest BCUT2D eigenvalue weighted by Gasteiger charge is -2.31. The number of pyridine rings is 3. The van der Waals surface area contributed by atoms with Crippen LogP contribution in [0.3, 0.4) is 0 Å². The van der Waals surface area contributed by atoms with E-state index in [4.69, 9.17) is 0 Å². The van der Waals surface area contributed by atoms with E-state index in [9.17, 15) is 23.2 Å². The SMILES string of the molecule is CN(C)CC[C@H](CSc1ccccc1)Cc1ncc(S(=O)(=O)NC(=O)c2cccc(N3CCc4cccc(C(=O)Nc5cn6ccccc6n5)c4C3)n2)cc1NO. The summed E-state index contributed by atoms with van der Waals surface area (Å²) in [6.45, 7) is 1.76. The molecule has 0 saturated carbocycles. The van der Waals surface area contributed by atoms with Gasteiger partial charge in [0.15, 0.2) is 5.82 Å². The Morgan fingerprint density at radius 2 is 1.77 bits per heavy atom. The maximum Gasteiger partial charge on any atom is 0.283 e. The first-order valence-electron chi connectivity index (χ1n) is 18.4. The number of carbonyl (C=O) groups excluding carboxylic acids is 2. The summed E-state index contributed by atoms with van der Waals surface area (Å²) < 4.78 is 30.9. The van der Waals surface area contributed by atoms with Crippen LogP contribution in [0, 0.1) is 5.92 Å². The molecular formula is C41H43N9O5S2. The van der Waals surface area contributed by atoms with Gasteiger partial charge in [0.25, 0.3) is 21.8 Å². The molecular weight excluding hydrogens is 763 g/mol. The van der Waals surface area contributed by atoms with Crippen molar-refractivity contribution in [1.29, 1.82) is 0 Å². The lowest BCUT2D eigenvalue weighted by Crippen LogP contribution is -2.34. The lowest BCUT2D eigenvalue weighted by atomic mass is 9.94. The fraction of sp³-hybridized carbons (Fsp3) is 0.244. The minimum Gasteiger partial charge on any atom is -0.352 e. The monoisotopic (exact) mass is 805 g/mol. The van der Waals surface area contributed by atoms with Gasteiger partial charge in [0.2, 0.25) is 0 Å². The first-order valence-corrected chi connectivity index (χ1v) is 20.9. The third-order valence-corrected chi connectivity index (χ3v) is 12.3. The molecule has 1 aliphatic rings. The topological polar surface area (TPSA) is 174 Å². The van der Waals surface area contributed by atoms with Gasteiger partial charge in [-0.05, 0) is 105 Å². The summed E-state index contributed by atoms with van der Waals surface area (Å²) in [5.41, 5.74) is 5.72. The molecule has 0 spiro atoms. The van der Waals surface area contributed by atoms with Gasteiger partial charge >= 0.3 is 0 Å². The predicted molar refractivity (Wildman–Crippen MR) is 220 cm³/mol. The molecule has 294 valence electrons. The highest BCUT2D eigenvalue weighted by molar-refractivity contribution is 7.99. The zero-order valence-electron chi connectivity index (χ0n) is 31.5. The van der Waals surface area contributed by atoms with E-state index >= 15 is 0 Å². The maximum absolute atomic E-state index is 13.5. The molecule has 2 aromatic carbocycles. The molecule has 0 radical (unpaired) electrons. The number of carbonyl (C=O) groups is 2. The molecule has 2 amide bonds. The largest absolute Gasteiger partial charge is 0.352 e. The first-order chi connectivity index (χ1) is 27.6. The van der Waals surface area contributed by atoms with Crippen LogP contribution in [0.1, 0.15) is 44.1 Å². The molecule has 6 aromatic rings. The van der Waals surface area contributed by atoms with Crippen LogP contribution in [0.2, 0.25) is 0 Å². The summed E-state index contributed by atoms with van der Waals surface area (Å²) in [6.07, 6.45) is 6.79. The molecule has 14 nitrogen and oxygen atoms in total. The summed E-state index contributed by atoms with van der Waals surface area (Å²) in [7, 11) is -0.389. The average molecular weight is 806 g/mol. The second-order valence-corrected chi connectivity index (χ2v) is 16.8. The Morgan fingerprint density at radius 3 is 2.56 bits per heavy atom. The molecule has 5 heterocycles. The van der Waals surface area contributed by atoms with Crippen LogP contribution in [0.4, 0.5) is 17.3 Å². The van der Waals surface area contributed by atoms with Crippen LogP contribution in [0.5, 0.6) is 0 Å². The van der Waals surface area contributed by atoms with Crippen molar-refractivity contribution in [3.05, 3.63) is 138 Å². The average Bonchev–Trinajstić information content (AvgIpc) is 3.64. The highest BCUT2D eigenvalue weighted by atomic mass is 32.2. The second kappa shape index (κ2) is 17.5. The number of aromatic nitrogens is 4. The zero-order valence-corrected chi connectivity index (χ0v) is 33.1. The van der Waals surface area contributed by atoms with Gasteiger partial charge in [0, 0.05) is 41.7 Å². The third kappa shape index (κ3) is 9.60. The Balaban J connectivity index is 1.03. The summed E-state index contributed by atoms with van der Waals surface area (Å²) in [5, 5.41) is 12.9. The molecule has 0 aliphatic carbocycles. The number of sulfonamides is 1. The fourth-order valence-electron chi connectivity index (χ4n) is 6.70. The predicted octanol–water partition coefficient (Wildman–Crippen LogP) is 5.76. The van der Waals surface area contributed by atoms with E-state index in [2.05, 4.69) is 47.5 Å². The van der Waals surface area contributed by atoms with Crippen LogP contribution in [-0.2, 0) is 29.4 Å². The molecule has 1 aliphatic heterocycles. The standard InChI is InChI=1S/C41H43N9O5S2/c1-48(2)20-17-28(27-56-30-11-4-3-5-12-30)22-35-36(46-53)23-31(24-42-35)57(54,55)47-41(52)34-14-9-16-38(43-34)50-21-18-29-10-8-13-32(33(29)25-50)40(51)45-37-26-49-19-7-6-15-39(49)44-37/h3-16,19,23-24,26,28,46,53H,17-18,20-22,25,27H2,1-2H3,(H,45,51)(H,47,52)/t28-/m0/s1. The van der Waals surface area contributed by atoms with E-state index < -0.39 is 15.9 Å². The molecule has 0 unspecified atom stereocenters. The van der Waals surface area contributed by atoms with Crippen LogP contribution < -0.4 is 20.4 Å². The van der Waals surface area contributed by atoms with Crippen LogP contribution in [0.15, 0.2) is 119 Å². The number of rotatable bonds is 15. The molecule has 4 N–H and O–H groups in total. The Labute approximate surface area is 335 Å². The van der Waals surface area contributed by atoms with Gasteiger partial charge in [-0.3, -0.25) is 25.3 Å².